The number of para-hydroxylation sites is 1. The Morgan fingerprint density at radius 2 is 1.32 bits per heavy atom. The first kappa shape index (κ1) is 21.6. The van der Waals surface area contributed by atoms with Crippen LogP contribution in [-0.2, 0) is 4.79 Å². The molecule has 2 amide bonds. The molecular formula is C22H18N4O4S. The van der Waals surface area contributed by atoms with Gasteiger partial charge in [0.25, 0.3) is 11.6 Å². The maximum atomic E-state index is 13.0. The number of carbonyl (C=O) groups is 2. The molecule has 0 aromatic heterocycles. The SMILES string of the molecule is O=C(NNC(=S)NC(=O)C(c1ccccc1)c1ccccc1)c1ccccc1[N+](=O)[O-]. The van der Waals surface area contributed by atoms with Gasteiger partial charge in [0.15, 0.2) is 5.11 Å². The highest BCUT2D eigenvalue weighted by Gasteiger charge is 2.24. The molecular weight excluding hydrogens is 416 g/mol. The lowest BCUT2D eigenvalue weighted by molar-refractivity contribution is -0.385. The summed E-state index contributed by atoms with van der Waals surface area (Å²) in [6.07, 6.45) is 0. The van der Waals surface area contributed by atoms with Crippen LogP contribution >= 0.6 is 12.2 Å². The Morgan fingerprint density at radius 1 is 0.806 bits per heavy atom. The third kappa shape index (κ3) is 5.49. The number of nitro groups is 1. The molecule has 3 rings (SSSR count). The number of nitrogens with zero attached hydrogens (tertiary/aromatic N) is 1. The van der Waals surface area contributed by atoms with Crippen LogP contribution in [0.3, 0.4) is 0 Å². The van der Waals surface area contributed by atoms with Crippen LogP contribution in [0.2, 0.25) is 0 Å². The topological polar surface area (TPSA) is 113 Å². The molecule has 0 aliphatic rings. The number of rotatable bonds is 5. The van der Waals surface area contributed by atoms with Crippen LogP contribution in [0, 0.1) is 10.1 Å². The zero-order chi connectivity index (χ0) is 22.2. The molecule has 0 aliphatic heterocycles. The Morgan fingerprint density at radius 3 is 1.87 bits per heavy atom. The van der Waals surface area contributed by atoms with Crippen molar-refractivity contribution in [2.24, 2.45) is 0 Å². The second-order valence-corrected chi connectivity index (χ2v) is 6.83. The average molecular weight is 434 g/mol. The van der Waals surface area contributed by atoms with Crippen LogP contribution in [0.1, 0.15) is 27.4 Å². The van der Waals surface area contributed by atoms with E-state index in [0.29, 0.717) is 0 Å². The van der Waals surface area contributed by atoms with Gasteiger partial charge < -0.3 is 5.32 Å². The van der Waals surface area contributed by atoms with Crippen molar-refractivity contribution >= 4 is 34.8 Å². The van der Waals surface area contributed by atoms with Crippen LogP contribution in [0.4, 0.5) is 5.69 Å². The first-order valence-electron chi connectivity index (χ1n) is 9.22. The van der Waals surface area contributed by atoms with Gasteiger partial charge in [0.05, 0.1) is 10.8 Å². The van der Waals surface area contributed by atoms with Crippen molar-refractivity contribution in [2.75, 3.05) is 0 Å². The number of nitrogens with one attached hydrogen (secondary N) is 3. The standard InChI is InChI=1S/C22H18N4O4S/c27-20(17-13-7-8-14-18(17)26(29)30)24-25-22(31)23-21(28)19(15-9-3-1-4-10-15)16-11-5-2-6-12-16/h1-14,19H,(H,24,27)(H2,23,25,28,31). The number of amides is 2. The minimum absolute atomic E-state index is 0.138. The zero-order valence-corrected chi connectivity index (χ0v) is 17.0. The maximum absolute atomic E-state index is 13.0. The lowest BCUT2D eigenvalue weighted by atomic mass is 9.90. The van der Waals surface area contributed by atoms with E-state index in [1.54, 1.807) is 0 Å². The highest BCUT2D eigenvalue weighted by atomic mass is 32.1. The van der Waals surface area contributed by atoms with Crippen molar-refractivity contribution in [3.63, 3.8) is 0 Å². The van der Waals surface area contributed by atoms with Crippen molar-refractivity contribution in [1.82, 2.24) is 16.2 Å². The van der Waals surface area contributed by atoms with Crippen LogP contribution in [0.5, 0.6) is 0 Å². The van der Waals surface area contributed by atoms with E-state index in [9.17, 15) is 19.7 Å². The van der Waals surface area contributed by atoms with Gasteiger partial charge in [-0.25, -0.2) is 0 Å². The molecule has 3 aromatic rings. The van der Waals surface area contributed by atoms with Crippen LogP contribution in [0.25, 0.3) is 0 Å². The predicted octanol–water partition coefficient (Wildman–Crippen LogP) is 3.06. The molecule has 0 fully saturated rings. The van der Waals surface area contributed by atoms with Crippen molar-refractivity contribution in [2.45, 2.75) is 5.92 Å². The van der Waals surface area contributed by atoms with Crippen LogP contribution in [0.15, 0.2) is 84.9 Å². The van der Waals surface area contributed by atoms with Crippen molar-refractivity contribution in [1.29, 1.82) is 0 Å². The number of thiocarbonyl (C=S) groups is 1. The Kier molecular flexibility index (Phi) is 7.02. The largest absolute Gasteiger partial charge is 0.301 e. The third-order valence-electron chi connectivity index (χ3n) is 4.40. The number of hydrogen-bond donors (Lipinski definition) is 3. The summed E-state index contributed by atoms with van der Waals surface area (Å²) < 4.78 is 0. The van der Waals surface area contributed by atoms with Gasteiger partial charge in [0.2, 0.25) is 5.91 Å². The molecule has 0 radical (unpaired) electrons. The number of hydrazine groups is 1. The number of carbonyl (C=O) groups excluding carboxylic acids is 2. The van der Waals surface area contributed by atoms with E-state index in [2.05, 4.69) is 16.2 Å². The quantitative estimate of drug-likeness (QED) is 0.323. The Bertz CT molecular complexity index is 1070. The summed E-state index contributed by atoms with van der Waals surface area (Å²) in [5.74, 6) is -1.77. The van der Waals surface area contributed by atoms with E-state index >= 15 is 0 Å². The van der Waals surface area contributed by atoms with Gasteiger partial charge in [-0.05, 0) is 29.4 Å². The van der Waals surface area contributed by atoms with Crippen molar-refractivity contribution in [3.8, 4) is 0 Å². The van der Waals surface area contributed by atoms with E-state index < -0.39 is 22.7 Å². The van der Waals surface area contributed by atoms with Gasteiger partial charge in [0, 0.05) is 6.07 Å². The number of benzene rings is 3. The Hall–Kier alpha value is -4.11. The molecule has 0 spiro atoms. The molecule has 0 heterocycles. The monoisotopic (exact) mass is 434 g/mol. The third-order valence-corrected chi connectivity index (χ3v) is 4.60. The number of nitro benzene ring substituents is 1. The first-order chi connectivity index (χ1) is 15.0. The molecule has 0 atom stereocenters. The highest BCUT2D eigenvalue weighted by Crippen LogP contribution is 2.24. The van der Waals surface area contributed by atoms with E-state index in [4.69, 9.17) is 12.2 Å². The minimum Gasteiger partial charge on any atom is -0.301 e. The molecule has 8 nitrogen and oxygen atoms in total. The molecule has 0 saturated carbocycles. The summed E-state index contributed by atoms with van der Waals surface area (Å²) in [6.45, 7) is 0. The smallest absolute Gasteiger partial charge is 0.282 e. The summed E-state index contributed by atoms with van der Waals surface area (Å²) in [6, 6.07) is 23.9. The van der Waals surface area contributed by atoms with Crippen molar-refractivity contribution in [3.05, 3.63) is 112 Å². The molecule has 0 bridgehead atoms. The van der Waals surface area contributed by atoms with Gasteiger partial charge in [-0.15, -0.1) is 0 Å². The molecule has 0 aliphatic carbocycles. The van der Waals surface area contributed by atoms with E-state index in [1.807, 2.05) is 60.7 Å². The fourth-order valence-corrected chi connectivity index (χ4v) is 3.16. The molecule has 3 aromatic carbocycles. The van der Waals surface area contributed by atoms with Gasteiger partial charge in [0.1, 0.15) is 5.56 Å². The number of hydrogen-bond acceptors (Lipinski definition) is 5. The Labute approximate surface area is 183 Å². The summed E-state index contributed by atoms with van der Waals surface area (Å²) in [5, 5.41) is 13.5. The first-order valence-corrected chi connectivity index (χ1v) is 9.62. The summed E-state index contributed by atoms with van der Waals surface area (Å²) in [7, 11) is 0. The molecule has 31 heavy (non-hydrogen) atoms. The van der Waals surface area contributed by atoms with Crippen LogP contribution in [-0.4, -0.2) is 21.9 Å². The summed E-state index contributed by atoms with van der Waals surface area (Å²) in [5.41, 5.74) is 5.75. The van der Waals surface area contributed by atoms with Gasteiger partial charge in [-0.2, -0.15) is 0 Å². The lowest BCUT2D eigenvalue weighted by Gasteiger charge is -2.18. The van der Waals surface area contributed by atoms with Gasteiger partial charge in [-0.1, -0.05) is 72.8 Å². The lowest BCUT2D eigenvalue weighted by Crippen LogP contribution is -2.49. The van der Waals surface area contributed by atoms with Crippen molar-refractivity contribution < 1.29 is 14.5 Å². The Balaban J connectivity index is 1.68. The normalized spacial score (nSPS) is 10.2. The van der Waals surface area contributed by atoms with Gasteiger partial charge in [-0.3, -0.25) is 30.6 Å². The molecule has 156 valence electrons. The fourth-order valence-electron chi connectivity index (χ4n) is 3.01. The predicted molar refractivity (Wildman–Crippen MR) is 119 cm³/mol. The molecule has 0 saturated heterocycles. The average Bonchev–Trinajstić information content (AvgIpc) is 2.79. The molecule has 9 heteroatoms. The van der Waals surface area contributed by atoms with E-state index in [0.717, 1.165) is 11.1 Å². The molecule has 3 N–H and O–H groups in total. The zero-order valence-electron chi connectivity index (χ0n) is 16.1. The maximum Gasteiger partial charge on any atom is 0.282 e. The second kappa shape index (κ2) is 10.1. The summed E-state index contributed by atoms with van der Waals surface area (Å²) in [4.78, 5) is 35.7. The van der Waals surface area contributed by atoms with Crippen LogP contribution < -0.4 is 16.2 Å². The van der Waals surface area contributed by atoms with E-state index in [-0.39, 0.29) is 16.4 Å². The second-order valence-electron chi connectivity index (χ2n) is 6.43. The summed E-state index contributed by atoms with van der Waals surface area (Å²) >= 11 is 5.11. The molecule has 0 unspecified atom stereocenters. The highest BCUT2D eigenvalue weighted by molar-refractivity contribution is 7.80. The fraction of sp³-hybridized carbons (Fsp3) is 0.0455. The minimum atomic E-state index is -0.758. The van der Waals surface area contributed by atoms with Gasteiger partial charge >= 0.3 is 0 Å². The van der Waals surface area contributed by atoms with E-state index in [1.165, 1.54) is 24.3 Å².